The van der Waals surface area contributed by atoms with Gasteiger partial charge in [-0.2, -0.15) is 0 Å². The molecule has 0 spiro atoms. The highest BCUT2D eigenvalue weighted by Gasteiger charge is 2.24. The second kappa shape index (κ2) is 4.38. The third-order valence-corrected chi connectivity index (χ3v) is 4.67. The van der Waals surface area contributed by atoms with E-state index in [2.05, 4.69) is 14.9 Å². The van der Waals surface area contributed by atoms with Crippen LogP contribution in [0.3, 0.4) is 0 Å². The van der Waals surface area contributed by atoms with E-state index in [0.29, 0.717) is 11.4 Å². The van der Waals surface area contributed by atoms with Gasteiger partial charge in [0, 0.05) is 11.7 Å². The van der Waals surface area contributed by atoms with E-state index in [-0.39, 0.29) is 10.7 Å². The first kappa shape index (κ1) is 12.7. The van der Waals surface area contributed by atoms with Crippen LogP contribution in [0.4, 0.5) is 5.69 Å². The van der Waals surface area contributed by atoms with Crippen LogP contribution in [0.25, 0.3) is 10.9 Å². The van der Waals surface area contributed by atoms with Crippen molar-refractivity contribution in [3.05, 3.63) is 41.9 Å². The van der Waals surface area contributed by atoms with Gasteiger partial charge >= 0.3 is 0 Å². The van der Waals surface area contributed by atoms with Gasteiger partial charge in [0.25, 0.3) is 10.0 Å². The zero-order valence-corrected chi connectivity index (χ0v) is 11.8. The Labute approximate surface area is 115 Å². The minimum absolute atomic E-state index is 0.0871. The normalized spacial score (nSPS) is 11.9. The highest BCUT2D eigenvalue weighted by Crippen LogP contribution is 2.24. The number of nitrogens with zero attached hydrogens (tertiary/aromatic N) is 1. The average molecular weight is 291 g/mol. The molecule has 20 heavy (non-hydrogen) atoms. The molecule has 2 heterocycles. The van der Waals surface area contributed by atoms with Crippen LogP contribution in [0.15, 0.2) is 39.9 Å². The minimum Gasteiger partial charge on any atom is -0.361 e. The van der Waals surface area contributed by atoms with E-state index in [1.807, 2.05) is 12.1 Å². The molecule has 3 rings (SSSR count). The number of benzene rings is 1. The Kier molecular flexibility index (Phi) is 2.79. The van der Waals surface area contributed by atoms with Crippen LogP contribution >= 0.6 is 0 Å². The number of rotatable bonds is 3. The predicted molar refractivity (Wildman–Crippen MR) is 75.1 cm³/mol. The molecule has 6 nitrogen and oxygen atoms in total. The summed E-state index contributed by atoms with van der Waals surface area (Å²) < 4.78 is 32.2. The second-order valence-electron chi connectivity index (χ2n) is 4.54. The number of anilines is 1. The first-order valence-corrected chi connectivity index (χ1v) is 7.48. The van der Waals surface area contributed by atoms with Gasteiger partial charge in [0.05, 0.1) is 5.69 Å². The van der Waals surface area contributed by atoms with E-state index >= 15 is 0 Å². The highest BCUT2D eigenvalue weighted by molar-refractivity contribution is 7.92. The van der Waals surface area contributed by atoms with Gasteiger partial charge < -0.3 is 9.51 Å². The maximum absolute atomic E-state index is 12.4. The van der Waals surface area contributed by atoms with Crippen molar-refractivity contribution in [2.75, 3.05) is 4.72 Å². The Hall–Kier alpha value is -2.28. The quantitative estimate of drug-likeness (QED) is 0.776. The maximum atomic E-state index is 12.4. The van der Waals surface area contributed by atoms with Crippen molar-refractivity contribution in [1.29, 1.82) is 0 Å². The van der Waals surface area contributed by atoms with Crippen LogP contribution in [0, 0.1) is 13.8 Å². The topological polar surface area (TPSA) is 88.0 Å². The lowest BCUT2D eigenvalue weighted by Crippen LogP contribution is -2.14. The standard InChI is InChI=1S/C13H13N3O3S/c1-8-13(9(2)19-15-8)20(17,18)16-11-4-3-10-5-6-14-12(10)7-11/h3-7,14,16H,1-2H3. The largest absolute Gasteiger partial charge is 0.361 e. The van der Waals surface area contributed by atoms with Gasteiger partial charge in [-0.1, -0.05) is 11.2 Å². The van der Waals surface area contributed by atoms with Gasteiger partial charge in [0.15, 0.2) is 10.7 Å². The fourth-order valence-electron chi connectivity index (χ4n) is 2.18. The van der Waals surface area contributed by atoms with E-state index < -0.39 is 10.0 Å². The Bertz CT molecular complexity index is 858. The fourth-order valence-corrected chi connectivity index (χ4v) is 3.56. The summed E-state index contributed by atoms with van der Waals surface area (Å²) in [6.07, 6.45) is 1.80. The molecule has 1 aromatic carbocycles. The van der Waals surface area contributed by atoms with E-state index in [9.17, 15) is 8.42 Å². The second-order valence-corrected chi connectivity index (χ2v) is 6.16. The zero-order chi connectivity index (χ0) is 14.3. The summed E-state index contributed by atoms with van der Waals surface area (Å²) in [6.45, 7) is 3.17. The van der Waals surface area contributed by atoms with Crippen molar-refractivity contribution in [3.63, 3.8) is 0 Å². The molecule has 3 aromatic rings. The van der Waals surface area contributed by atoms with Crippen molar-refractivity contribution in [2.45, 2.75) is 18.7 Å². The molecule has 2 aromatic heterocycles. The van der Waals surface area contributed by atoms with Gasteiger partial charge in [-0.15, -0.1) is 0 Å². The molecular formula is C13H13N3O3S. The molecule has 0 unspecified atom stereocenters. The molecule has 0 radical (unpaired) electrons. The molecule has 0 saturated carbocycles. The van der Waals surface area contributed by atoms with Crippen LogP contribution in [0.2, 0.25) is 0 Å². The number of hydrogen-bond acceptors (Lipinski definition) is 4. The summed E-state index contributed by atoms with van der Waals surface area (Å²) in [5.41, 5.74) is 1.69. The average Bonchev–Trinajstić information content (AvgIpc) is 2.95. The number of nitrogens with one attached hydrogen (secondary N) is 2. The summed E-state index contributed by atoms with van der Waals surface area (Å²) in [5, 5.41) is 4.68. The molecule has 0 fully saturated rings. The molecule has 0 amide bonds. The van der Waals surface area contributed by atoms with Crippen molar-refractivity contribution >= 4 is 26.6 Å². The maximum Gasteiger partial charge on any atom is 0.267 e. The predicted octanol–water partition coefficient (Wildman–Crippen LogP) is 2.57. The smallest absolute Gasteiger partial charge is 0.267 e. The number of aromatic amines is 1. The number of H-pyrrole nitrogens is 1. The molecule has 0 aliphatic rings. The molecular weight excluding hydrogens is 278 g/mol. The minimum atomic E-state index is -3.70. The fraction of sp³-hybridized carbons (Fsp3) is 0.154. The molecule has 7 heteroatoms. The van der Waals surface area contributed by atoms with Crippen LogP contribution in [-0.2, 0) is 10.0 Å². The zero-order valence-electron chi connectivity index (χ0n) is 11.0. The van der Waals surface area contributed by atoms with Gasteiger partial charge in [-0.3, -0.25) is 4.72 Å². The van der Waals surface area contributed by atoms with Crippen LogP contribution in [-0.4, -0.2) is 18.6 Å². The highest BCUT2D eigenvalue weighted by atomic mass is 32.2. The first-order chi connectivity index (χ1) is 9.47. The lowest BCUT2D eigenvalue weighted by atomic mass is 10.2. The molecule has 0 atom stereocenters. The van der Waals surface area contributed by atoms with Crippen molar-refractivity contribution in [3.8, 4) is 0 Å². The Morgan fingerprint density at radius 3 is 2.75 bits per heavy atom. The summed E-state index contributed by atoms with van der Waals surface area (Å²) in [6, 6.07) is 7.22. The SMILES string of the molecule is Cc1noc(C)c1S(=O)(=O)Nc1ccc2cc[nH]c2c1. The Morgan fingerprint density at radius 1 is 1.25 bits per heavy atom. The molecule has 104 valence electrons. The van der Waals surface area contributed by atoms with Gasteiger partial charge in [-0.05, 0) is 37.4 Å². The van der Waals surface area contributed by atoms with E-state index in [4.69, 9.17) is 4.52 Å². The molecule has 0 saturated heterocycles. The Balaban J connectivity index is 2.01. The van der Waals surface area contributed by atoms with E-state index in [1.54, 1.807) is 32.2 Å². The summed E-state index contributed by atoms with van der Waals surface area (Å²) >= 11 is 0. The number of hydrogen-bond donors (Lipinski definition) is 2. The van der Waals surface area contributed by atoms with Crippen LogP contribution in [0.1, 0.15) is 11.5 Å². The monoisotopic (exact) mass is 291 g/mol. The number of aromatic nitrogens is 2. The van der Waals surface area contributed by atoms with Gasteiger partial charge in [0.2, 0.25) is 0 Å². The van der Waals surface area contributed by atoms with Gasteiger partial charge in [-0.25, -0.2) is 8.42 Å². The third kappa shape index (κ3) is 2.05. The van der Waals surface area contributed by atoms with Crippen LogP contribution < -0.4 is 4.72 Å². The number of fused-ring (bicyclic) bond motifs is 1. The lowest BCUT2D eigenvalue weighted by Gasteiger charge is -2.07. The van der Waals surface area contributed by atoms with Crippen molar-refractivity contribution in [2.24, 2.45) is 0 Å². The van der Waals surface area contributed by atoms with Crippen molar-refractivity contribution in [1.82, 2.24) is 10.1 Å². The van der Waals surface area contributed by atoms with Crippen molar-refractivity contribution < 1.29 is 12.9 Å². The number of aryl methyl sites for hydroxylation is 2. The summed E-state index contributed by atoms with van der Waals surface area (Å²) in [5.74, 6) is 0.274. The first-order valence-electron chi connectivity index (χ1n) is 6.00. The van der Waals surface area contributed by atoms with Gasteiger partial charge in [0.1, 0.15) is 5.69 Å². The number of sulfonamides is 1. The molecule has 2 N–H and O–H groups in total. The molecule has 0 aliphatic carbocycles. The Morgan fingerprint density at radius 2 is 2.05 bits per heavy atom. The summed E-state index contributed by atoms with van der Waals surface area (Å²) in [7, 11) is -3.70. The lowest BCUT2D eigenvalue weighted by molar-refractivity contribution is 0.390. The summed E-state index contributed by atoms with van der Waals surface area (Å²) in [4.78, 5) is 3.12. The third-order valence-electron chi connectivity index (χ3n) is 3.04. The van der Waals surface area contributed by atoms with E-state index in [0.717, 1.165) is 10.9 Å². The molecule has 0 bridgehead atoms. The van der Waals surface area contributed by atoms with E-state index in [1.165, 1.54) is 0 Å². The van der Waals surface area contributed by atoms with Crippen LogP contribution in [0.5, 0.6) is 0 Å². The molecule has 0 aliphatic heterocycles.